The van der Waals surface area contributed by atoms with Gasteiger partial charge < -0.3 is 9.15 Å². The van der Waals surface area contributed by atoms with Crippen molar-refractivity contribution in [2.24, 2.45) is 0 Å². The summed E-state index contributed by atoms with van der Waals surface area (Å²) in [6.07, 6.45) is 1.67. The Morgan fingerprint density at radius 2 is 1.58 bits per heavy atom. The van der Waals surface area contributed by atoms with Crippen molar-refractivity contribution in [1.29, 1.82) is 0 Å². The fourth-order valence-electron chi connectivity index (χ4n) is 1.96. The van der Waals surface area contributed by atoms with Crippen LogP contribution in [-0.4, -0.2) is 0 Å². The third-order valence-corrected chi connectivity index (χ3v) is 2.91. The van der Waals surface area contributed by atoms with E-state index in [1.165, 1.54) is 0 Å². The van der Waals surface area contributed by atoms with Crippen molar-refractivity contribution in [3.63, 3.8) is 0 Å². The van der Waals surface area contributed by atoms with Gasteiger partial charge >= 0.3 is 0 Å². The molecule has 2 heteroatoms. The lowest BCUT2D eigenvalue weighted by Crippen LogP contribution is -1.96. The minimum absolute atomic E-state index is 0.554. The summed E-state index contributed by atoms with van der Waals surface area (Å²) in [6.45, 7) is 0.554. The van der Waals surface area contributed by atoms with E-state index in [4.69, 9.17) is 9.15 Å². The van der Waals surface area contributed by atoms with E-state index in [1.54, 1.807) is 6.26 Å². The number of ether oxygens (including phenoxy) is 1. The summed E-state index contributed by atoms with van der Waals surface area (Å²) in [5.74, 6) is 1.66. The van der Waals surface area contributed by atoms with E-state index < -0.39 is 0 Å². The second-order valence-corrected chi connectivity index (χ2v) is 4.25. The van der Waals surface area contributed by atoms with E-state index in [9.17, 15) is 0 Å². The number of rotatable bonds is 4. The molecule has 0 amide bonds. The molecule has 0 aliphatic heterocycles. The monoisotopic (exact) mass is 250 g/mol. The van der Waals surface area contributed by atoms with Crippen LogP contribution in [0.3, 0.4) is 0 Å². The minimum atomic E-state index is 0.554. The molecule has 0 saturated carbocycles. The summed E-state index contributed by atoms with van der Waals surface area (Å²) in [6, 6.07) is 21.8. The number of hydrogen-bond donors (Lipinski definition) is 0. The average Bonchev–Trinajstić information content (AvgIpc) is 3.01. The molecule has 0 spiro atoms. The van der Waals surface area contributed by atoms with E-state index in [-0.39, 0.29) is 0 Å². The fraction of sp³-hybridized carbons (Fsp3) is 0.0588. The van der Waals surface area contributed by atoms with Crippen LogP contribution in [0.15, 0.2) is 77.4 Å². The van der Waals surface area contributed by atoms with Crippen molar-refractivity contribution in [3.8, 4) is 17.1 Å². The topological polar surface area (TPSA) is 22.4 Å². The highest BCUT2D eigenvalue weighted by atomic mass is 16.5. The Kier molecular flexibility index (Phi) is 3.32. The molecule has 2 nitrogen and oxygen atoms in total. The highest BCUT2D eigenvalue weighted by Gasteiger charge is 2.07. The molecule has 0 saturated heterocycles. The third-order valence-electron chi connectivity index (χ3n) is 2.91. The van der Waals surface area contributed by atoms with E-state index in [0.29, 0.717) is 6.61 Å². The zero-order valence-electron chi connectivity index (χ0n) is 10.5. The van der Waals surface area contributed by atoms with Gasteiger partial charge in [-0.25, -0.2) is 0 Å². The molecule has 0 fully saturated rings. The van der Waals surface area contributed by atoms with Gasteiger partial charge in [-0.15, -0.1) is 0 Å². The van der Waals surface area contributed by atoms with Gasteiger partial charge in [0.25, 0.3) is 0 Å². The summed E-state index contributed by atoms with van der Waals surface area (Å²) < 4.78 is 11.3. The molecule has 0 N–H and O–H groups in total. The molecule has 0 radical (unpaired) electrons. The van der Waals surface area contributed by atoms with Gasteiger partial charge in [-0.05, 0) is 29.8 Å². The zero-order chi connectivity index (χ0) is 12.9. The molecule has 0 aliphatic carbocycles. The Balaban J connectivity index is 1.82. The Bertz CT molecular complexity index is 627. The van der Waals surface area contributed by atoms with Crippen LogP contribution < -0.4 is 4.74 Å². The van der Waals surface area contributed by atoms with Gasteiger partial charge in [-0.2, -0.15) is 0 Å². The molecule has 0 unspecified atom stereocenters. The molecular weight excluding hydrogens is 236 g/mol. The van der Waals surface area contributed by atoms with Crippen LogP contribution in [0.4, 0.5) is 0 Å². The van der Waals surface area contributed by atoms with Gasteiger partial charge in [0, 0.05) is 0 Å². The van der Waals surface area contributed by atoms with Crippen LogP contribution in [0.25, 0.3) is 11.3 Å². The quantitative estimate of drug-likeness (QED) is 0.679. The maximum absolute atomic E-state index is 5.89. The zero-order valence-corrected chi connectivity index (χ0v) is 10.5. The highest BCUT2D eigenvalue weighted by Crippen LogP contribution is 2.30. The van der Waals surface area contributed by atoms with Crippen molar-refractivity contribution in [3.05, 3.63) is 78.6 Å². The Labute approximate surface area is 112 Å². The molecule has 2 aromatic carbocycles. The summed E-state index contributed by atoms with van der Waals surface area (Å²) in [4.78, 5) is 0. The van der Waals surface area contributed by atoms with Crippen molar-refractivity contribution in [2.75, 3.05) is 0 Å². The molecular formula is C17H14O2. The SMILES string of the molecule is c1ccc(COc2ccccc2-c2ccco2)cc1. The minimum Gasteiger partial charge on any atom is -0.488 e. The van der Waals surface area contributed by atoms with Crippen LogP contribution >= 0.6 is 0 Å². The smallest absolute Gasteiger partial charge is 0.137 e. The molecule has 1 heterocycles. The van der Waals surface area contributed by atoms with Crippen LogP contribution in [0.5, 0.6) is 5.75 Å². The van der Waals surface area contributed by atoms with Gasteiger partial charge in [-0.3, -0.25) is 0 Å². The molecule has 3 rings (SSSR count). The predicted octanol–water partition coefficient (Wildman–Crippen LogP) is 4.53. The van der Waals surface area contributed by atoms with Gasteiger partial charge in [0.05, 0.1) is 11.8 Å². The first-order valence-electron chi connectivity index (χ1n) is 6.23. The predicted molar refractivity (Wildman–Crippen MR) is 74.9 cm³/mol. The van der Waals surface area contributed by atoms with Crippen molar-refractivity contribution >= 4 is 0 Å². The molecule has 1 aromatic heterocycles. The summed E-state index contributed by atoms with van der Waals surface area (Å²) in [5, 5.41) is 0. The average molecular weight is 250 g/mol. The van der Waals surface area contributed by atoms with Gasteiger partial charge in [-0.1, -0.05) is 42.5 Å². The molecule has 19 heavy (non-hydrogen) atoms. The van der Waals surface area contributed by atoms with Crippen LogP contribution in [0.1, 0.15) is 5.56 Å². The fourth-order valence-corrected chi connectivity index (χ4v) is 1.96. The van der Waals surface area contributed by atoms with Gasteiger partial charge in [0.15, 0.2) is 0 Å². The first-order valence-corrected chi connectivity index (χ1v) is 6.23. The molecule has 3 aromatic rings. The lowest BCUT2D eigenvalue weighted by molar-refractivity contribution is 0.307. The van der Waals surface area contributed by atoms with Crippen molar-refractivity contribution in [1.82, 2.24) is 0 Å². The largest absolute Gasteiger partial charge is 0.488 e. The third kappa shape index (κ3) is 2.68. The number of hydrogen-bond acceptors (Lipinski definition) is 2. The van der Waals surface area contributed by atoms with Crippen molar-refractivity contribution < 1.29 is 9.15 Å². The van der Waals surface area contributed by atoms with E-state index in [1.807, 2.05) is 54.6 Å². The highest BCUT2D eigenvalue weighted by molar-refractivity contribution is 5.65. The first-order chi connectivity index (χ1) is 9.43. The first kappa shape index (κ1) is 11.6. The normalized spacial score (nSPS) is 10.3. The Morgan fingerprint density at radius 1 is 0.789 bits per heavy atom. The van der Waals surface area contributed by atoms with E-state index >= 15 is 0 Å². The van der Waals surface area contributed by atoms with Crippen LogP contribution in [0, 0.1) is 0 Å². The standard InChI is InChI=1S/C17H14O2/c1-2-7-14(8-3-1)13-19-17-10-5-4-9-15(17)16-11-6-12-18-16/h1-12H,13H2. The lowest BCUT2D eigenvalue weighted by atomic mass is 10.1. The van der Waals surface area contributed by atoms with Crippen LogP contribution in [-0.2, 0) is 6.61 Å². The van der Waals surface area contributed by atoms with Crippen molar-refractivity contribution in [2.45, 2.75) is 6.61 Å². The maximum atomic E-state index is 5.89. The second kappa shape index (κ2) is 5.44. The maximum Gasteiger partial charge on any atom is 0.137 e. The summed E-state index contributed by atoms with van der Waals surface area (Å²) in [5.41, 5.74) is 2.13. The second-order valence-electron chi connectivity index (χ2n) is 4.25. The van der Waals surface area contributed by atoms with Crippen LogP contribution in [0.2, 0.25) is 0 Å². The molecule has 0 bridgehead atoms. The van der Waals surface area contributed by atoms with Gasteiger partial charge in [0.1, 0.15) is 18.1 Å². The molecule has 0 atom stereocenters. The number of benzene rings is 2. The number of furan rings is 1. The van der Waals surface area contributed by atoms with E-state index in [2.05, 4.69) is 12.1 Å². The lowest BCUT2D eigenvalue weighted by Gasteiger charge is -2.09. The Hall–Kier alpha value is -2.48. The van der Waals surface area contributed by atoms with Gasteiger partial charge in [0.2, 0.25) is 0 Å². The Morgan fingerprint density at radius 3 is 2.37 bits per heavy atom. The summed E-state index contributed by atoms with van der Waals surface area (Å²) in [7, 11) is 0. The molecule has 94 valence electrons. The van der Waals surface area contributed by atoms with E-state index in [0.717, 1.165) is 22.6 Å². The number of para-hydroxylation sites is 1. The summed E-state index contributed by atoms with van der Waals surface area (Å²) >= 11 is 0. The molecule has 0 aliphatic rings.